The average Bonchev–Trinajstić information content (AvgIpc) is 2.75. The van der Waals surface area contributed by atoms with Gasteiger partial charge >= 0.3 is 0 Å². The Hall–Kier alpha value is -2.94. The van der Waals surface area contributed by atoms with E-state index in [0.717, 1.165) is 6.54 Å². The van der Waals surface area contributed by atoms with E-state index in [4.69, 9.17) is 5.73 Å². The second kappa shape index (κ2) is 8.17. The van der Waals surface area contributed by atoms with Gasteiger partial charge in [0.2, 0.25) is 0 Å². The third-order valence-corrected chi connectivity index (χ3v) is 5.06. The van der Waals surface area contributed by atoms with Crippen LogP contribution in [0.3, 0.4) is 0 Å². The molecule has 4 aromatic carbocycles. The molecule has 0 saturated heterocycles. The lowest BCUT2D eigenvalue weighted by atomic mass is 9.89. The Kier molecular flexibility index (Phi) is 5.29. The number of hydrogen-bond donors (Lipinski definition) is 2. The first-order valence-corrected chi connectivity index (χ1v) is 9.39. The van der Waals surface area contributed by atoms with E-state index in [1.807, 2.05) is 0 Å². The van der Waals surface area contributed by atoms with Gasteiger partial charge in [-0.25, -0.2) is 0 Å². The lowest BCUT2D eigenvalue weighted by Crippen LogP contribution is -2.24. The van der Waals surface area contributed by atoms with Crippen LogP contribution in [0.4, 0.5) is 0 Å². The largest absolute Gasteiger partial charge is 0.326 e. The third kappa shape index (κ3) is 3.77. The third-order valence-electron chi connectivity index (χ3n) is 5.06. The van der Waals surface area contributed by atoms with E-state index in [1.165, 1.54) is 33.0 Å². The fourth-order valence-corrected chi connectivity index (χ4v) is 3.71. The predicted octanol–water partition coefficient (Wildman–Crippen LogP) is 5.18. The van der Waals surface area contributed by atoms with E-state index >= 15 is 0 Å². The highest BCUT2D eigenvalue weighted by Gasteiger charge is 2.19. The van der Waals surface area contributed by atoms with Crippen molar-refractivity contribution in [2.75, 3.05) is 0 Å². The maximum Gasteiger partial charge on any atom is 0.0588 e. The van der Waals surface area contributed by atoms with Crippen molar-refractivity contribution < 1.29 is 0 Å². The van der Waals surface area contributed by atoms with Crippen molar-refractivity contribution >= 4 is 10.8 Å². The molecule has 1 atom stereocenters. The van der Waals surface area contributed by atoms with Crippen molar-refractivity contribution in [1.29, 1.82) is 0 Å². The first-order valence-electron chi connectivity index (χ1n) is 9.39. The second-order valence-corrected chi connectivity index (χ2v) is 6.77. The Morgan fingerprint density at radius 2 is 1.37 bits per heavy atom. The summed E-state index contributed by atoms with van der Waals surface area (Å²) in [7, 11) is 0. The summed E-state index contributed by atoms with van der Waals surface area (Å²) in [5.74, 6) is 0. The molecular formula is C25H24N2. The zero-order chi connectivity index (χ0) is 18.5. The summed E-state index contributed by atoms with van der Waals surface area (Å²) in [5.41, 5.74) is 11.1. The summed E-state index contributed by atoms with van der Waals surface area (Å²) < 4.78 is 0. The topological polar surface area (TPSA) is 38.0 Å². The highest BCUT2D eigenvalue weighted by molar-refractivity contribution is 5.87. The van der Waals surface area contributed by atoms with Gasteiger partial charge in [-0.2, -0.15) is 0 Å². The van der Waals surface area contributed by atoms with Crippen LogP contribution in [0, 0.1) is 0 Å². The molecule has 1 unspecified atom stereocenters. The van der Waals surface area contributed by atoms with Crippen molar-refractivity contribution in [3.8, 4) is 0 Å². The van der Waals surface area contributed by atoms with Crippen LogP contribution in [0.15, 0.2) is 97.1 Å². The van der Waals surface area contributed by atoms with Gasteiger partial charge in [-0.05, 0) is 33.0 Å². The summed E-state index contributed by atoms with van der Waals surface area (Å²) in [6, 6.07) is 34.1. The highest BCUT2D eigenvalue weighted by atomic mass is 14.9. The fourth-order valence-electron chi connectivity index (χ4n) is 3.71. The summed E-state index contributed by atoms with van der Waals surface area (Å²) in [4.78, 5) is 0. The zero-order valence-corrected chi connectivity index (χ0v) is 15.3. The van der Waals surface area contributed by atoms with E-state index in [9.17, 15) is 0 Å². The summed E-state index contributed by atoms with van der Waals surface area (Å²) in [5, 5.41) is 6.28. The normalized spacial score (nSPS) is 12.2. The molecule has 3 N–H and O–H groups in total. The molecule has 4 rings (SSSR count). The Morgan fingerprint density at radius 1 is 0.704 bits per heavy atom. The first kappa shape index (κ1) is 17.5. The molecule has 27 heavy (non-hydrogen) atoms. The molecule has 0 spiro atoms. The SMILES string of the molecule is NCc1ccc2ccccc2c1C(NCc1ccccc1)c1ccccc1. The molecule has 0 aromatic heterocycles. The van der Waals surface area contributed by atoms with Gasteiger partial charge in [0.05, 0.1) is 6.04 Å². The molecule has 4 aromatic rings. The number of nitrogens with one attached hydrogen (secondary N) is 1. The van der Waals surface area contributed by atoms with E-state index in [2.05, 4.69) is 102 Å². The number of nitrogens with two attached hydrogens (primary N) is 1. The molecule has 2 heteroatoms. The van der Waals surface area contributed by atoms with Crippen LogP contribution in [0.2, 0.25) is 0 Å². The van der Waals surface area contributed by atoms with Crippen LogP contribution in [-0.4, -0.2) is 0 Å². The van der Waals surface area contributed by atoms with Gasteiger partial charge in [-0.3, -0.25) is 0 Å². The van der Waals surface area contributed by atoms with Gasteiger partial charge < -0.3 is 11.1 Å². The van der Waals surface area contributed by atoms with Crippen LogP contribution in [0.1, 0.15) is 28.3 Å². The van der Waals surface area contributed by atoms with Gasteiger partial charge in [0.15, 0.2) is 0 Å². The molecule has 0 heterocycles. The lowest BCUT2D eigenvalue weighted by molar-refractivity contribution is 0.604. The molecule has 0 saturated carbocycles. The van der Waals surface area contributed by atoms with Gasteiger partial charge in [-0.1, -0.05) is 97.1 Å². The van der Waals surface area contributed by atoms with Crippen LogP contribution < -0.4 is 11.1 Å². The number of fused-ring (bicyclic) bond motifs is 1. The molecule has 0 amide bonds. The smallest absolute Gasteiger partial charge is 0.0588 e. The van der Waals surface area contributed by atoms with Gasteiger partial charge in [0.25, 0.3) is 0 Å². The summed E-state index contributed by atoms with van der Waals surface area (Å²) in [6.07, 6.45) is 0. The van der Waals surface area contributed by atoms with E-state index in [1.54, 1.807) is 0 Å². The predicted molar refractivity (Wildman–Crippen MR) is 113 cm³/mol. The van der Waals surface area contributed by atoms with Gasteiger partial charge in [0, 0.05) is 13.1 Å². The van der Waals surface area contributed by atoms with Crippen LogP contribution in [-0.2, 0) is 13.1 Å². The zero-order valence-electron chi connectivity index (χ0n) is 15.3. The standard InChI is InChI=1S/C25H24N2/c26-17-22-16-15-20-11-7-8-14-23(20)24(22)25(21-12-5-2-6-13-21)27-18-19-9-3-1-4-10-19/h1-16,25,27H,17-18,26H2. The Morgan fingerprint density at radius 3 is 2.11 bits per heavy atom. The maximum atomic E-state index is 6.14. The Balaban J connectivity index is 1.82. The van der Waals surface area contributed by atoms with Crippen molar-refractivity contribution in [2.45, 2.75) is 19.1 Å². The quantitative estimate of drug-likeness (QED) is 0.502. The fraction of sp³-hybridized carbons (Fsp3) is 0.120. The lowest BCUT2D eigenvalue weighted by Gasteiger charge is -2.24. The average molecular weight is 352 g/mol. The van der Waals surface area contributed by atoms with Gasteiger partial charge in [0.1, 0.15) is 0 Å². The van der Waals surface area contributed by atoms with E-state index in [0.29, 0.717) is 6.54 Å². The highest BCUT2D eigenvalue weighted by Crippen LogP contribution is 2.32. The van der Waals surface area contributed by atoms with Crippen molar-refractivity contribution in [3.05, 3.63) is 119 Å². The molecule has 134 valence electrons. The van der Waals surface area contributed by atoms with Crippen molar-refractivity contribution in [3.63, 3.8) is 0 Å². The molecule has 0 fully saturated rings. The Labute approximate surface area is 160 Å². The van der Waals surface area contributed by atoms with Crippen LogP contribution in [0.25, 0.3) is 10.8 Å². The van der Waals surface area contributed by atoms with Crippen molar-refractivity contribution in [2.24, 2.45) is 5.73 Å². The number of rotatable bonds is 6. The van der Waals surface area contributed by atoms with Crippen LogP contribution in [0.5, 0.6) is 0 Å². The minimum absolute atomic E-state index is 0.0797. The Bertz CT molecular complexity index is 1010. The number of benzene rings is 4. The summed E-state index contributed by atoms with van der Waals surface area (Å²) >= 11 is 0. The first-order chi connectivity index (χ1) is 13.4. The molecular weight excluding hydrogens is 328 g/mol. The molecule has 0 radical (unpaired) electrons. The van der Waals surface area contributed by atoms with E-state index in [-0.39, 0.29) is 6.04 Å². The monoisotopic (exact) mass is 352 g/mol. The number of hydrogen-bond acceptors (Lipinski definition) is 2. The molecule has 0 bridgehead atoms. The molecule has 0 aliphatic heterocycles. The maximum absolute atomic E-state index is 6.14. The summed E-state index contributed by atoms with van der Waals surface area (Å²) in [6.45, 7) is 1.32. The van der Waals surface area contributed by atoms with Crippen molar-refractivity contribution in [1.82, 2.24) is 5.32 Å². The molecule has 0 aliphatic carbocycles. The molecule has 0 aliphatic rings. The van der Waals surface area contributed by atoms with E-state index < -0.39 is 0 Å². The van der Waals surface area contributed by atoms with Crippen LogP contribution >= 0.6 is 0 Å². The minimum Gasteiger partial charge on any atom is -0.326 e. The molecule has 2 nitrogen and oxygen atoms in total. The van der Waals surface area contributed by atoms with Gasteiger partial charge in [-0.15, -0.1) is 0 Å². The minimum atomic E-state index is 0.0797. The second-order valence-electron chi connectivity index (χ2n) is 6.77.